The van der Waals surface area contributed by atoms with E-state index in [-0.39, 0.29) is 29.4 Å². The van der Waals surface area contributed by atoms with Crippen molar-refractivity contribution in [1.29, 1.82) is 0 Å². The summed E-state index contributed by atoms with van der Waals surface area (Å²) < 4.78 is 3.23. The molecule has 0 bridgehead atoms. The van der Waals surface area contributed by atoms with E-state index < -0.39 is 0 Å². The van der Waals surface area contributed by atoms with E-state index in [0.717, 1.165) is 12.8 Å². The van der Waals surface area contributed by atoms with E-state index in [1.807, 2.05) is 19.9 Å². The molecule has 3 aromatic heterocycles. The topological polar surface area (TPSA) is 114 Å². The quantitative estimate of drug-likeness (QED) is 0.500. The van der Waals surface area contributed by atoms with Crippen LogP contribution < -0.4 is 16.2 Å². The lowest BCUT2D eigenvalue weighted by Crippen LogP contribution is -2.23. The zero-order valence-corrected chi connectivity index (χ0v) is 18.0. The van der Waals surface area contributed by atoms with Crippen LogP contribution in [0.5, 0.6) is 0 Å². The van der Waals surface area contributed by atoms with Crippen LogP contribution in [0.1, 0.15) is 55.9 Å². The van der Waals surface area contributed by atoms with Crippen LogP contribution in [0.15, 0.2) is 35.4 Å². The summed E-state index contributed by atoms with van der Waals surface area (Å²) in [5.74, 6) is 1.23. The summed E-state index contributed by atoms with van der Waals surface area (Å²) in [5, 5.41) is 20.2. The molecule has 0 aromatic carbocycles. The molecule has 9 nitrogen and oxygen atoms in total. The van der Waals surface area contributed by atoms with Gasteiger partial charge in [0.15, 0.2) is 11.4 Å². The van der Waals surface area contributed by atoms with Crippen LogP contribution >= 0.6 is 0 Å². The Kier molecular flexibility index (Phi) is 5.77. The second-order valence-corrected chi connectivity index (χ2v) is 8.38. The van der Waals surface area contributed by atoms with Crippen molar-refractivity contribution in [3.05, 3.63) is 46.5 Å². The molecule has 0 unspecified atom stereocenters. The fourth-order valence-electron chi connectivity index (χ4n) is 4.16. The van der Waals surface area contributed by atoms with E-state index >= 15 is 0 Å². The number of pyridine rings is 1. The fourth-order valence-corrected chi connectivity index (χ4v) is 4.16. The van der Waals surface area contributed by atoms with Crippen molar-refractivity contribution in [2.24, 2.45) is 5.92 Å². The summed E-state index contributed by atoms with van der Waals surface area (Å²) in [6, 6.07) is 5.30. The lowest BCUT2D eigenvalue weighted by atomic mass is 9.98. The largest absolute Gasteiger partial charge is 0.393 e. The number of nitrogens with zero attached hydrogens (tertiary/aromatic N) is 4. The number of carbonyl (C=O) groups is 1. The van der Waals surface area contributed by atoms with E-state index in [4.69, 9.17) is 0 Å². The average molecular weight is 425 g/mol. The molecule has 3 aromatic rings. The second-order valence-electron chi connectivity index (χ2n) is 8.38. The van der Waals surface area contributed by atoms with Gasteiger partial charge in [-0.2, -0.15) is 9.61 Å². The lowest BCUT2D eigenvalue weighted by Gasteiger charge is -2.13. The number of anilines is 3. The molecule has 2 atom stereocenters. The highest BCUT2D eigenvalue weighted by atomic mass is 16.3. The van der Waals surface area contributed by atoms with Crippen molar-refractivity contribution in [1.82, 2.24) is 19.2 Å². The van der Waals surface area contributed by atoms with Crippen LogP contribution in [0.4, 0.5) is 17.3 Å². The minimum absolute atomic E-state index is 0.0331. The van der Waals surface area contributed by atoms with Gasteiger partial charge in [0.05, 0.1) is 17.9 Å². The molecular formula is C22H28N6O3. The predicted octanol–water partition coefficient (Wildman–Crippen LogP) is 2.99. The number of hydrogen-bond acceptors (Lipinski definition) is 7. The monoisotopic (exact) mass is 424 g/mol. The van der Waals surface area contributed by atoms with E-state index in [1.165, 1.54) is 6.20 Å². The van der Waals surface area contributed by atoms with Crippen molar-refractivity contribution in [3.63, 3.8) is 0 Å². The number of aliphatic hydroxyl groups excluding tert-OH is 1. The Balaban J connectivity index is 1.68. The van der Waals surface area contributed by atoms with Crippen LogP contribution in [-0.4, -0.2) is 43.2 Å². The van der Waals surface area contributed by atoms with Crippen LogP contribution in [-0.2, 0) is 0 Å². The maximum Gasteiger partial charge on any atom is 0.274 e. The first-order valence-corrected chi connectivity index (χ1v) is 10.6. The number of hydrogen-bond donors (Lipinski definition) is 3. The van der Waals surface area contributed by atoms with Crippen molar-refractivity contribution in [2.75, 3.05) is 17.7 Å². The molecule has 3 N–H and O–H groups in total. The van der Waals surface area contributed by atoms with Gasteiger partial charge in [-0.05, 0) is 51.2 Å². The Bertz CT molecular complexity index is 1170. The molecule has 164 valence electrons. The number of nitrogens with one attached hydrogen (secondary N) is 2. The zero-order chi connectivity index (χ0) is 22.1. The SMILES string of the molecule is CNc1cc(Nc2cccn(C(C)C)c2=O)nc2c(C(=O)C[C@@H]3CC[C@H](O)C3)cnn12. The summed E-state index contributed by atoms with van der Waals surface area (Å²) in [5.41, 5.74) is 1.13. The van der Waals surface area contributed by atoms with E-state index in [1.54, 1.807) is 34.5 Å². The van der Waals surface area contributed by atoms with Gasteiger partial charge in [-0.1, -0.05) is 0 Å². The highest BCUT2D eigenvalue weighted by molar-refractivity contribution is 6.01. The van der Waals surface area contributed by atoms with Crippen LogP contribution in [0.2, 0.25) is 0 Å². The lowest BCUT2D eigenvalue weighted by molar-refractivity contribution is 0.0959. The summed E-state index contributed by atoms with van der Waals surface area (Å²) >= 11 is 0. The Morgan fingerprint density at radius 3 is 2.84 bits per heavy atom. The number of ketones is 1. The third-order valence-electron chi connectivity index (χ3n) is 5.81. The molecule has 0 amide bonds. The number of fused-ring (bicyclic) bond motifs is 1. The fraction of sp³-hybridized carbons (Fsp3) is 0.455. The molecular weight excluding hydrogens is 396 g/mol. The molecule has 9 heteroatoms. The van der Waals surface area contributed by atoms with Crippen molar-refractivity contribution in [3.8, 4) is 0 Å². The third-order valence-corrected chi connectivity index (χ3v) is 5.81. The number of Topliss-reactive ketones (excluding diaryl/α,β-unsaturated/α-hetero) is 1. The van der Waals surface area contributed by atoms with Gasteiger partial charge in [-0.15, -0.1) is 0 Å². The summed E-state index contributed by atoms with van der Waals surface area (Å²) in [6.45, 7) is 3.89. The minimum Gasteiger partial charge on any atom is -0.393 e. The number of rotatable bonds is 7. The van der Waals surface area contributed by atoms with Gasteiger partial charge < -0.3 is 20.3 Å². The van der Waals surface area contributed by atoms with Gasteiger partial charge >= 0.3 is 0 Å². The van der Waals surface area contributed by atoms with Gasteiger partial charge in [0, 0.05) is 31.8 Å². The highest BCUT2D eigenvalue weighted by Crippen LogP contribution is 2.30. The van der Waals surface area contributed by atoms with Crippen molar-refractivity contribution < 1.29 is 9.90 Å². The second kappa shape index (κ2) is 8.50. The molecule has 1 aliphatic rings. The van der Waals surface area contributed by atoms with Gasteiger partial charge in [0.25, 0.3) is 5.56 Å². The Morgan fingerprint density at radius 2 is 2.16 bits per heavy atom. The number of carbonyl (C=O) groups excluding carboxylic acids is 1. The molecule has 1 saturated carbocycles. The maximum atomic E-state index is 13.0. The van der Waals surface area contributed by atoms with Gasteiger partial charge in [0.2, 0.25) is 0 Å². The van der Waals surface area contributed by atoms with Crippen LogP contribution in [0.3, 0.4) is 0 Å². The molecule has 4 rings (SSSR count). The summed E-state index contributed by atoms with van der Waals surface area (Å²) in [6.07, 6.45) is 5.59. The van der Waals surface area contributed by atoms with Crippen LogP contribution in [0.25, 0.3) is 5.65 Å². The van der Waals surface area contributed by atoms with E-state index in [0.29, 0.717) is 41.4 Å². The first kappa shape index (κ1) is 21.0. The molecule has 1 aliphatic carbocycles. The van der Waals surface area contributed by atoms with Gasteiger partial charge in [-0.3, -0.25) is 9.59 Å². The summed E-state index contributed by atoms with van der Waals surface area (Å²) in [7, 11) is 1.76. The number of aliphatic hydroxyl groups is 1. The molecule has 0 aliphatic heterocycles. The Hall–Kier alpha value is -3.20. The van der Waals surface area contributed by atoms with Crippen LogP contribution in [0, 0.1) is 5.92 Å². The molecule has 0 spiro atoms. The van der Waals surface area contributed by atoms with Crippen molar-refractivity contribution >= 4 is 28.8 Å². The Labute approximate surface area is 180 Å². The van der Waals surface area contributed by atoms with E-state index in [9.17, 15) is 14.7 Å². The third kappa shape index (κ3) is 4.18. The maximum absolute atomic E-state index is 13.0. The smallest absolute Gasteiger partial charge is 0.274 e. The first-order valence-electron chi connectivity index (χ1n) is 10.6. The highest BCUT2D eigenvalue weighted by Gasteiger charge is 2.27. The first-order chi connectivity index (χ1) is 14.9. The predicted molar refractivity (Wildman–Crippen MR) is 119 cm³/mol. The van der Waals surface area contributed by atoms with Gasteiger partial charge in [0.1, 0.15) is 17.3 Å². The molecule has 31 heavy (non-hydrogen) atoms. The molecule has 0 radical (unpaired) electrons. The summed E-state index contributed by atoms with van der Waals surface area (Å²) in [4.78, 5) is 30.3. The van der Waals surface area contributed by atoms with E-state index in [2.05, 4.69) is 20.7 Å². The van der Waals surface area contributed by atoms with Crippen molar-refractivity contribution in [2.45, 2.75) is 51.7 Å². The molecule has 0 saturated heterocycles. The normalized spacial score (nSPS) is 18.6. The van der Waals surface area contributed by atoms with Gasteiger partial charge in [-0.25, -0.2) is 4.98 Å². The Morgan fingerprint density at radius 1 is 1.35 bits per heavy atom. The zero-order valence-electron chi connectivity index (χ0n) is 18.0. The molecule has 1 fully saturated rings. The standard InChI is InChI=1S/C22H28N6O3/c1-13(2)27-8-4-5-17(22(27)31)25-19-11-20(23-3)28-21(26-19)16(12-24-28)18(30)10-14-6-7-15(29)9-14/h4-5,8,11-15,23,29H,6-7,9-10H2,1-3H3,(H,25,26)/t14-,15+/m1/s1. The average Bonchev–Trinajstić information content (AvgIpc) is 3.34. The molecule has 3 heterocycles. The minimum atomic E-state index is -0.313. The number of aromatic nitrogens is 4.